The molecule has 1 N–H and O–H groups in total. The first-order valence-corrected chi connectivity index (χ1v) is 10.5. The number of benzene rings is 2. The summed E-state index contributed by atoms with van der Waals surface area (Å²) in [7, 11) is 0. The van der Waals surface area contributed by atoms with Gasteiger partial charge < -0.3 is 23.9 Å². The lowest BCUT2D eigenvalue weighted by Crippen LogP contribution is -2.32. The summed E-state index contributed by atoms with van der Waals surface area (Å²) in [5.41, 5.74) is 1.08. The lowest BCUT2D eigenvalue weighted by Gasteiger charge is -2.25. The maximum Gasteiger partial charge on any atom is 0.290 e. The fraction of sp³-hybridized carbons (Fsp3) is 0.333. The zero-order chi connectivity index (χ0) is 22.0. The number of para-hydroxylation sites is 1. The highest BCUT2D eigenvalue weighted by Crippen LogP contribution is 2.40. The number of aliphatic hydroxyl groups excluding tert-OH is 1. The van der Waals surface area contributed by atoms with Gasteiger partial charge >= 0.3 is 0 Å². The van der Waals surface area contributed by atoms with Gasteiger partial charge in [0, 0.05) is 6.54 Å². The molecule has 2 heterocycles. The summed E-state index contributed by atoms with van der Waals surface area (Å²) in [6.45, 7) is 4.73. The van der Waals surface area contributed by atoms with Crippen LogP contribution in [0.3, 0.4) is 0 Å². The number of nitrogens with zero attached hydrogens (tertiary/aromatic N) is 1. The predicted octanol–water partition coefficient (Wildman–Crippen LogP) is 3.52. The standard InChI is InChI=1S/C24H25NO6/c1-3-13-30-18-10-9-15(14-19(18)29-4-2)21-20-22(27)16-7-5-6-8-17(16)31-23(20)24(28)25(21)11-12-26/h5-10,14,21,26H,3-4,11-13H2,1-2H3/t21-/m1/s1. The number of hydrogen-bond donors (Lipinski definition) is 1. The Balaban J connectivity index is 1.89. The van der Waals surface area contributed by atoms with Gasteiger partial charge in [-0.25, -0.2) is 0 Å². The van der Waals surface area contributed by atoms with Crippen molar-refractivity contribution < 1.29 is 23.8 Å². The van der Waals surface area contributed by atoms with Crippen molar-refractivity contribution in [3.05, 3.63) is 69.6 Å². The molecule has 0 bridgehead atoms. The van der Waals surface area contributed by atoms with Crippen LogP contribution in [-0.2, 0) is 0 Å². The largest absolute Gasteiger partial charge is 0.490 e. The van der Waals surface area contributed by atoms with E-state index >= 15 is 0 Å². The van der Waals surface area contributed by atoms with E-state index in [0.717, 1.165) is 6.42 Å². The molecule has 0 fully saturated rings. The molecule has 1 aliphatic rings. The zero-order valence-electron chi connectivity index (χ0n) is 17.6. The van der Waals surface area contributed by atoms with Crippen LogP contribution in [-0.4, -0.2) is 42.3 Å². The number of hydrogen-bond acceptors (Lipinski definition) is 6. The van der Waals surface area contributed by atoms with Crippen LogP contribution in [0.1, 0.15) is 48.0 Å². The number of fused-ring (bicyclic) bond motifs is 2. The molecule has 31 heavy (non-hydrogen) atoms. The Morgan fingerprint density at radius 3 is 2.61 bits per heavy atom. The molecule has 7 nitrogen and oxygen atoms in total. The highest BCUT2D eigenvalue weighted by molar-refractivity contribution is 5.99. The van der Waals surface area contributed by atoms with E-state index < -0.39 is 11.9 Å². The first-order valence-electron chi connectivity index (χ1n) is 10.5. The average Bonchev–Trinajstić information content (AvgIpc) is 3.05. The monoisotopic (exact) mass is 423 g/mol. The number of carbonyl (C=O) groups excluding carboxylic acids is 1. The fourth-order valence-corrected chi connectivity index (χ4v) is 3.95. The zero-order valence-corrected chi connectivity index (χ0v) is 17.6. The first kappa shape index (κ1) is 20.9. The third kappa shape index (κ3) is 3.65. The fourth-order valence-electron chi connectivity index (χ4n) is 3.95. The van der Waals surface area contributed by atoms with Gasteiger partial charge in [-0.05, 0) is 43.2 Å². The molecule has 0 saturated heterocycles. The molecule has 0 unspecified atom stereocenters. The minimum Gasteiger partial charge on any atom is -0.490 e. The molecule has 3 aromatic rings. The quantitative estimate of drug-likeness (QED) is 0.596. The van der Waals surface area contributed by atoms with Crippen molar-refractivity contribution in [2.45, 2.75) is 26.3 Å². The summed E-state index contributed by atoms with van der Waals surface area (Å²) in [5, 5.41) is 9.99. The third-order valence-electron chi connectivity index (χ3n) is 5.26. The second kappa shape index (κ2) is 8.81. The Bertz CT molecular complexity index is 1170. The minimum absolute atomic E-state index is 0.0198. The van der Waals surface area contributed by atoms with Crippen LogP contribution in [0.2, 0.25) is 0 Å². The number of rotatable bonds is 8. The molecule has 0 saturated carbocycles. The maximum absolute atomic E-state index is 13.4. The highest BCUT2D eigenvalue weighted by atomic mass is 16.5. The lowest BCUT2D eigenvalue weighted by atomic mass is 9.98. The van der Waals surface area contributed by atoms with Gasteiger partial charge in [-0.1, -0.05) is 25.1 Å². The van der Waals surface area contributed by atoms with Crippen LogP contribution in [0.15, 0.2) is 51.7 Å². The van der Waals surface area contributed by atoms with Gasteiger partial charge in [0.1, 0.15) is 5.58 Å². The Morgan fingerprint density at radius 1 is 1.06 bits per heavy atom. The van der Waals surface area contributed by atoms with Crippen molar-refractivity contribution in [3.63, 3.8) is 0 Å². The Kier molecular flexibility index (Phi) is 5.95. The topological polar surface area (TPSA) is 89.2 Å². The van der Waals surface area contributed by atoms with Crippen molar-refractivity contribution in [2.24, 2.45) is 0 Å². The molecule has 1 aliphatic heterocycles. The predicted molar refractivity (Wildman–Crippen MR) is 116 cm³/mol. The van der Waals surface area contributed by atoms with Gasteiger partial charge in [0.15, 0.2) is 16.9 Å². The highest BCUT2D eigenvalue weighted by Gasteiger charge is 2.42. The summed E-state index contributed by atoms with van der Waals surface area (Å²) in [6, 6.07) is 11.6. The average molecular weight is 423 g/mol. The van der Waals surface area contributed by atoms with Crippen LogP contribution < -0.4 is 14.9 Å². The lowest BCUT2D eigenvalue weighted by molar-refractivity contribution is 0.0691. The van der Waals surface area contributed by atoms with E-state index in [-0.39, 0.29) is 29.9 Å². The number of aliphatic hydroxyl groups is 1. The van der Waals surface area contributed by atoms with Gasteiger partial charge in [-0.2, -0.15) is 0 Å². The van der Waals surface area contributed by atoms with Crippen LogP contribution in [0, 0.1) is 0 Å². The van der Waals surface area contributed by atoms with Gasteiger partial charge in [-0.15, -0.1) is 0 Å². The van der Waals surface area contributed by atoms with E-state index in [4.69, 9.17) is 13.9 Å². The Morgan fingerprint density at radius 2 is 1.87 bits per heavy atom. The smallest absolute Gasteiger partial charge is 0.290 e. The normalized spacial score (nSPS) is 15.4. The van der Waals surface area contributed by atoms with E-state index in [1.807, 2.05) is 19.9 Å². The van der Waals surface area contributed by atoms with E-state index in [1.165, 1.54) is 4.90 Å². The van der Waals surface area contributed by atoms with Crippen molar-refractivity contribution in [2.75, 3.05) is 26.4 Å². The van der Waals surface area contributed by atoms with Crippen LogP contribution in [0.5, 0.6) is 11.5 Å². The van der Waals surface area contributed by atoms with Crippen molar-refractivity contribution in [1.29, 1.82) is 0 Å². The van der Waals surface area contributed by atoms with Crippen LogP contribution in [0.25, 0.3) is 11.0 Å². The molecule has 0 spiro atoms. The van der Waals surface area contributed by atoms with Crippen LogP contribution >= 0.6 is 0 Å². The van der Waals surface area contributed by atoms with E-state index in [1.54, 1.807) is 36.4 Å². The summed E-state index contributed by atoms with van der Waals surface area (Å²) >= 11 is 0. The van der Waals surface area contributed by atoms with E-state index in [2.05, 4.69) is 0 Å². The molecular weight excluding hydrogens is 398 g/mol. The first-order chi connectivity index (χ1) is 15.1. The van der Waals surface area contributed by atoms with Gasteiger partial charge in [-0.3, -0.25) is 9.59 Å². The van der Waals surface area contributed by atoms with Crippen LogP contribution in [0.4, 0.5) is 0 Å². The van der Waals surface area contributed by atoms with Crippen molar-refractivity contribution in [1.82, 2.24) is 4.90 Å². The molecule has 1 atom stereocenters. The van der Waals surface area contributed by atoms with Crippen molar-refractivity contribution >= 4 is 16.9 Å². The molecule has 1 amide bonds. The third-order valence-corrected chi connectivity index (χ3v) is 5.26. The molecule has 2 aromatic carbocycles. The van der Waals surface area contributed by atoms with Gasteiger partial charge in [0.2, 0.25) is 5.76 Å². The Hall–Kier alpha value is -3.32. The molecule has 0 aliphatic carbocycles. The maximum atomic E-state index is 13.4. The summed E-state index contributed by atoms with van der Waals surface area (Å²) < 4.78 is 17.4. The molecule has 4 rings (SSSR count). The molecular formula is C24H25NO6. The summed E-state index contributed by atoms with van der Waals surface area (Å²) in [4.78, 5) is 27.9. The minimum atomic E-state index is -0.685. The summed E-state index contributed by atoms with van der Waals surface area (Å²) in [6.07, 6.45) is 0.857. The second-order valence-electron chi connectivity index (χ2n) is 7.28. The molecule has 7 heteroatoms. The SMILES string of the molecule is CCCOc1ccc([C@@H]2c3c(oc4ccccc4c3=O)C(=O)N2CCO)cc1OCC. The second-order valence-corrected chi connectivity index (χ2v) is 7.28. The number of amides is 1. The van der Waals surface area contributed by atoms with Gasteiger partial charge in [0.05, 0.1) is 36.8 Å². The number of carbonyl (C=O) groups is 1. The van der Waals surface area contributed by atoms with Gasteiger partial charge in [0.25, 0.3) is 5.91 Å². The molecule has 1 aromatic heterocycles. The number of β-amino-alcohol motifs (C(OH)–C–C–N with tert-alkyl or cyclic N) is 1. The van der Waals surface area contributed by atoms with E-state index in [9.17, 15) is 14.7 Å². The summed E-state index contributed by atoms with van der Waals surface area (Å²) in [5.74, 6) is 0.757. The van der Waals surface area contributed by atoms with E-state index in [0.29, 0.717) is 41.2 Å². The number of ether oxygens (including phenoxy) is 2. The molecule has 0 radical (unpaired) electrons. The Labute approximate surface area is 179 Å². The van der Waals surface area contributed by atoms with Crippen molar-refractivity contribution in [3.8, 4) is 11.5 Å². The molecule has 162 valence electrons.